The van der Waals surface area contributed by atoms with Crippen LogP contribution in [-0.2, 0) is 23.0 Å². The first-order valence-electron chi connectivity index (χ1n) is 9.87. The number of nitrogens with one attached hydrogen (secondary N) is 1. The van der Waals surface area contributed by atoms with Gasteiger partial charge in [0.25, 0.3) is 15.7 Å². The molecule has 0 radical (unpaired) electrons. The van der Waals surface area contributed by atoms with Gasteiger partial charge in [0.05, 0.1) is 21.1 Å². The van der Waals surface area contributed by atoms with Gasteiger partial charge in [-0.2, -0.15) is 0 Å². The second-order valence-corrected chi connectivity index (χ2v) is 9.18. The molecule has 0 spiro atoms. The largest absolute Gasteiger partial charge is 0.311 e. The molecule has 0 saturated carbocycles. The summed E-state index contributed by atoms with van der Waals surface area (Å²) in [6.45, 7) is 2.03. The van der Waals surface area contributed by atoms with Gasteiger partial charge in [-0.25, -0.2) is 17.2 Å². The number of fused-ring (bicyclic) bond motifs is 1. The van der Waals surface area contributed by atoms with E-state index in [2.05, 4.69) is 14.9 Å². The highest BCUT2D eigenvalue weighted by molar-refractivity contribution is 7.92. The Balaban J connectivity index is 1.76. The summed E-state index contributed by atoms with van der Waals surface area (Å²) >= 11 is 0. The van der Waals surface area contributed by atoms with Crippen molar-refractivity contribution in [2.24, 2.45) is 0 Å². The third-order valence-electron chi connectivity index (χ3n) is 5.32. The summed E-state index contributed by atoms with van der Waals surface area (Å²) in [5, 5.41) is 19.2. The normalized spacial score (nSPS) is 14.0. The van der Waals surface area contributed by atoms with E-state index in [1.54, 1.807) is 4.57 Å². The standard InChI is InChI=1S/C20H19F2N5O4S/c1-12-6-7-13(27(28)29)9-18(12)32(30,31)25-17-10-14(15(21)11-16(17)22)20-24-23-19-5-3-2-4-8-26(19)20/h6-7,9-11,25H,2-5,8H2,1H3. The molecular formula is C20H19F2N5O4S. The maximum atomic E-state index is 14.7. The van der Waals surface area contributed by atoms with Crippen LogP contribution in [0.1, 0.15) is 30.7 Å². The van der Waals surface area contributed by atoms with Crippen LogP contribution in [0.5, 0.6) is 0 Å². The zero-order valence-electron chi connectivity index (χ0n) is 17.0. The van der Waals surface area contributed by atoms with E-state index in [4.69, 9.17) is 0 Å². The zero-order chi connectivity index (χ0) is 23.0. The third kappa shape index (κ3) is 4.05. The predicted molar refractivity (Wildman–Crippen MR) is 112 cm³/mol. The topological polar surface area (TPSA) is 120 Å². The van der Waals surface area contributed by atoms with Crippen molar-refractivity contribution in [2.45, 2.75) is 44.0 Å². The lowest BCUT2D eigenvalue weighted by Gasteiger charge is -2.13. The molecule has 0 bridgehead atoms. The van der Waals surface area contributed by atoms with Gasteiger partial charge in [-0.15, -0.1) is 10.2 Å². The minimum absolute atomic E-state index is 0.0967. The Labute approximate surface area is 182 Å². The summed E-state index contributed by atoms with van der Waals surface area (Å²) in [6, 6.07) is 4.94. The Hall–Kier alpha value is -3.41. The fourth-order valence-corrected chi connectivity index (χ4v) is 5.00. The van der Waals surface area contributed by atoms with Crippen LogP contribution >= 0.6 is 0 Å². The van der Waals surface area contributed by atoms with Crippen molar-refractivity contribution in [2.75, 3.05) is 4.72 Å². The molecule has 0 fully saturated rings. The lowest BCUT2D eigenvalue weighted by molar-refractivity contribution is -0.385. The highest BCUT2D eigenvalue weighted by atomic mass is 32.2. The number of nitrogens with zero attached hydrogens (tertiary/aromatic N) is 4. The molecule has 32 heavy (non-hydrogen) atoms. The average Bonchev–Trinajstić information content (AvgIpc) is 2.97. The first-order valence-corrected chi connectivity index (χ1v) is 11.3. The molecule has 1 aliphatic rings. The summed E-state index contributed by atoms with van der Waals surface area (Å²) in [7, 11) is -4.40. The summed E-state index contributed by atoms with van der Waals surface area (Å²) in [5.74, 6) is -1.16. The smallest absolute Gasteiger partial charge is 0.270 e. The second-order valence-electron chi connectivity index (χ2n) is 7.53. The van der Waals surface area contributed by atoms with E-state index in [1.807, 2.05) is 0 Å². The highest BCUT2D eigenvalue weighted by Gasteiger charge is 2.25. The van der Waals surface area contributed by atoms with Crippen molar-refractivity contribution in [1.82, 2.24) is 14.8 Å². The summed E-state index contributed by atoms with van der Waals surface area (Å²) in [6.07, 6.45) is 3.45. The molecule has 2 heterocycles. The van der Waals surface area contributed by atoms with Crippen LogP contribution in [-0.4, -0.2) is 28.1 Å². The number of halogens is 2. The molecule has 1 N–H and O–H groups in total. The number of anilines is 1. The number of hydrogen-bond donors (Lipinski definition) is 1. The Morgan fingerprint density at radius 2 is 1.88 bits per heavy atom. The average molecular weight is 463 g/mol. The molecule has 1 aromatic heterocycles. The van der Waals surface area contributed by atoms with Crippen molar-refractivity contribution in [1.29, 1.82) is 0 Å². The molecule has 12 heteroatoms. The molecule has 0 aliphatic carbocycles. The molecule has 9 nitrogen and oxygen atoms in total. The van der Waals surface area contributed by atoms with Crippen LogP contribution in [0.4, 0.5) is 20.2 Å². The van der Waals surface area contributed by atoms with Crippen molar-refractivity contribution in [3.05, 3.63) is 63.5 Å². The highest BCUT2D eigenvalue weighted by Crippen LogP contribution is 2.31. The first-order chi connectivity index (χ1) is 15.2. The molecule has 3 aromatic rings. The van der Waals surface area contributed by atoms with Gasteiger partial charge in [0.15, 0.2) is 5.82 Å². The van der Waals surface area contributed by atoms with Gasteiger partial charge in [0.2, 0.25) is 0 Å². The van der Waals surface area contributed by atoms with E-state index in [9.17, 15) is 27.3 Å². The Morgan fingerprint density at radius 3 is 2.62 bits per heavy atom. The SMILES string of the molecule is Cc1ccc([N+](=O)[O-])cc1S(=O)(=O)Nc1cc(-c2nnc3n2CCCCC3)c(F)cc1F. The number of nitro groups is 1. The molecule has 0 saturated heterocycles. The number of sulfonamides is 1. The van der Waals surface area contributed by atoms with Crippen molar-refractivity contribution in [3.8, 4) is 11.4 Å². The first kappa shape index (κ1) is 21.8. The molecule has 168 valence electrons. The fourth-order valence-electron chi connectivity index (χ4n) is 3.67. The van der Waals surface area contributed by atoms with Crippen molar-refractivity contribution >= 4 is 21.4 Å². The summed E-state index contributed by atoms with van der Waals surface area (Å²) in [4.78, 5) is 9.92. The van der Waals surface area contributed by atoms with Crippen LogP contribution in [0.2, 0.25) is 0 Å². The minimum atomic E-state index is -4.40. The van der Waals surface area contributed by atoms with Gasteiger partial charge >= 0.3 is 0 Å². The minimum Gasteiger partial charge on any atom is -0.311 e. The number of aryl methyl sites for hydroxylation is 2. The fraction of sp³-hybridized carbons (Fsp3) is 0.300. The molecular weight excluding hydrogens is 444 g/mol. The zero-order valence-corrected chi connectivity index (χ0v) is 17.8. The second kappa shape index (κ2) is 8.26. The van der Waals surface area contributed by atoms with Gasteiger partial charge in [-0.1, -0.05) is 12.5 Å². The summed E-state index contributed by atoms with van der Waals surface area (Å²) in [5.41, 5.74) is -0.796. The molecule has 2 aromatic carbocycles. The molecule has 0 atom stereocenters. The molecule has 0 unspecified atom stereocenters. The van der Waals surface area contributed by atoms with Gasteiger partial charge < -0.3 is 4.57 Å². The number of hydrogen-bond acceptors (Lipinski definition) is 6. The van der Waals surface area contributed by atoms with E-state index in [-0.39, 0.29) is 21.8 Å². The monoisotopic (exact) mass is 463 g/mol. The van der Waals surface area contributed by atoms with E-state index < -0.39 is 38.0 Å². The van der Waals surface area contributed by atoms with Crippen molar-refractivity contribution < 1.29 is 22.1 Å². The Kier molecular flexibility index (Phi) is 5.63. The van der Waals surface area contributed by atoms with E-state index in [1.165, 1.54) is 19.1 Å². The lowest BCUT2D eigenvalue weighted by atomic mass is 10.1. The third-order valence-corrected chi connectivity index (χ3v) is 6.83. The Bertz CT molecular complexity index is 1320. The van der Waals surface area contributed by atoms with Gasteiger partial charge in [-0.3, -0.25) is 14.8 Å². The van der Waals surface area contributed by atoms with Crippen LogP contribution in [0.25, 0.3) is 11.4 Å². The quantitative estimate of drug-likeness (QED) is 0.452. The van der Waals surface area contributed by atoms with E-state index in [0.717, 1.165) is 31.4 Å². The van der Waals surface area contributed by atoms with E-state index in [0.29, 0.717) is 24.9 Å². The number of benzene rings is 2. The van der Waals surface area contributed by atoms with Gasteiger partial charge in [0.1, 0.15) is 17.5 Å². The number of non-ortho nitro benzene ring substituents is 1. The van der Waals surface area contributed by atoms with Crippen molar-refractivity contribution in [3.63, 3.8) is 0 Å². The van der Waals surface area contributed by atoms with Crippen LogP contribution in [0, 0.1) is 28.7 Å². The number of rotatable bonds is 5. The van der Waals surface area contributed by atoms with Crippen LogP contribution in [0.15, 0.2) is 35.2 Å². The van der Waals surface area contributed by atoms with Gasteiger partial charge in [0, 0.05) is 31.2 Å². The predicted octanol–water partition coefficient (Wildman–Crippen LogP) is 3.97. The van der Waals surface area contributed by atoms with Crippen LogP contribution < -0.4 is 4.72 Å². The maximum Gasteiger partial charge on any atom is 0.270 e. The van der Waals surface area contributed by atoms with Gasteiger partial charge in [-0.05, 0) is 31.4 Å². The molecule has 1 aliphatic heterocycles. The molecule has 0 amide bonds. The lowest BCUT2D eigenvalue weighted by Crippen LogP contribution is -2.16. The number of aromatic nitrogens is 3. The maximum absolute atomic E-state index is 14.7. The van der Waals surface area contributed by atoms with E-state index >= 15 is 0 Å². The molecule has 4 rings (SSSR count). The number of nitro benzene ring substituents is 1. The Morgan fingerprint density at radius 1 is 1.09 bits per heavy atom. The summed E-state index contributed by atoms with van der Waals surface area (Å²) < 4.78 is 58.8. The van der Waals surface area contributed by atoms with Crippen LogP contribution in [0.3, 0.4) is 0 Å².